The van der Waals surface area contributed by atoms with Gasteiger partial charge in [0.1, 0.15) is 0 Å². The van der Waals surface area contributed by atoms with Crippen LogP contribution in [-0.2, 0) is 6.54 Å². The molecule has 0 fully saturated rings. The first-order valence-corrected chi connectivity index (χ1v) is 5.96. The van der Waals surface area contributed by atoms with Gasteiger partial charge in [-0.25, -0.2) is 10.2 Å². The van der Waals surface area contributed by atoms with Crippen molar-refractivity contribution in [2.75, 3.05) is 5.43 Å². The summed E-state index contributed by atoms with van der Waals surface area (Å²) in [5, 5.41) is 1.30. The molecule has 0 spiro atoms. The van der Waals surface area contributed by atoms with E-state index in [1.54, 1.807) is 6.07 Å². The second-order valence-electron chi connectivity index (χ2n) is 4.14. The molecular weight excluding hydrogens is 240 g/mol. The van der Waals surface area contributed by atoms with E-state index >= 15 is 0 Å². The van der Waals surface area contributed by atoms with Crippen LogP contribution in [0.3, 0.4) is 0 Å². The van der Waals surface area contributed by atoms with Gasteiger partial charge in [0.05, 0.1) is 10.7 Å². The van der Waals surface area contributed by atoms with Gasteiger partial charge in [0.2, 0.25) is 0 Å². The Morgan fingerprint density at radius 3 is 2.63 bits per heavy atom. The topological polar surface area (TPSA) is 65.8 Å². The van der Waals surface area contributed by atoms with Crippen molar-refractivity contribution in [1.82, 2.24) is 5.43 Å². The van der Waals surface area contributed by atoms with Gasteiger partial charge in [0, 0.05) is 12.2 Å². The number of carbonyl (C=O) groups is 1. The second kappa shape index (κ2) is 4.99. The lowest BCUT2D eigenvalue weighted by Gasteiger charge is -2.07. The van der Waals surface area contributed by atoms with Crippen molar-refractivity contribution in [1.29, 1.82) is 0 Å². The zero-order valence-corrected chi connectivity index (χ0v) is 10.1. The normalized spacial score (nSPS) is 12.5. The average molecular weight is 252 g/mol. The number of benzene rings is 2. The first-order valence-electron chi connectivity index (χ1n) is 5.96. The number of hydrogen-bond acceptors (Lipinski definition) is 3. The lowest BCUT2D eigenvalue weighted by atomic mass is 10.2. The maximum absolute atomic E-state index is 11.2. The number of nitrogens with zero attached hydrogens (tertiary/aromatic N) is 2. The summed E-state index contributed by atoms with van der Waals surface area (Å²) in [7, 11) is 0. The number of anilines is 1. The fourth-order valence-corrected chi connectivity index (χ4v) is 1.93. The molecule has 0 aliphatic carbocycles. The molecule has 94 valence electrons. The Bertz CT molecular complexity index is 725. The summed E-state index contributed by atoms with van der Waals surface area (Å²) in [5.74, 6) is 0. The number of para-hydroxylation sites is 2. The summed E-state index contributed by atoms with van der Waals surface area (Å²) < 4.78 is 0. The molecule has 0 aromatic heterocycles. The van der Waals surface area contributed by atoms with Crippen molar-refractivity contribution in [2.24, 2.45) is 9.98 Å². The zero-order chi connectivity index (χ0) is 13.1. The Labute approximate surface area is 109 Å². The van der Waals surface area contributed by atoms with Crippen LogP contribution in [0.2, 0.25) is 0 Å². The molecule has 2 N–H and O–H groups in total. The molecular formula is C14H12N4O. The van der Waals surface area contributed by atoms with Gasteiger partial charge in [-0.1, -0.05) is 30.3 Å². The highest BCUT2D eigenvalue weighted by molar-refractivity contribution is 5.77. The summed E-state index contributed by atoms with van der Waals surface area (Å²) in [5.41, 5.74) is 8.11. The van der Waals surface area contributed by atoms with Gasteiger partial charge < -0.3 is 5.43 Å². The first kappa shape index (κ1) is 11.6. The number of amides is 2. The number of carbonyl (C=O) groups excluding carboxylic acids is 1. The molecule has 19 heavy (non-hydrogen) atoms. The van der Waals surface area contributed by atoms with Crippen LogP contribution < -0.4 is 21.6 Å². The Balaban J connectivity index is 1.73. The number of hydrogen-bond donors (Lipinski definition) is 2. The number of rotatable bonds is 4. The predicted octanol–water partition coefficient (Wildman–Crippen LogP) is 1.18. The third-order valence-electron chi connectivity index (χ3n) is 2.81. The van der Waals surface area contributed by atoms with Crippen LogP contribution in [0.1, 0.15) is 5.56 Å². The van der Waals surface area contributed by atoms with E-state index in [4.69, 9.17) is 0 Å². The monoisotopic (exact) mass is 252 g/mol. The predicted molar refractivity (Wildman–Crippen MR) is 71.1 cm³/mol. The molecule has 2 aromatic carbocycles. The summed E-state index contributed by atoms with van der Waals surface area (Å²) in [6, 6.07) is 15.0. The molecule has 0 atom stereocenters. The SMILES string of the molecule is O=C1N=c2cccc(CNNc3ccccc3)c2=N1. The summed E-state index contributed by atoms with van der Waals surface area (Å²) in [6.07, 6.45) is 0. The fraction of sp³-hybridized carbons (Fsp3) is 0.0714. The van der Waals surface area contributed by atoms with Crippen LogP contribution in [0, 0.1) is 0 Å². The Morgan fingerprint density at radius 1 is 0.947 bits per heavy atom. The lowest BCUT2D eigenvalue weighted by Crippen LogP contribution is -2.31. The molecule has 5 nitrogen and oxygen atoms in total. The van der Waals surface area contributed by atoms with Crippen molar-refractivity contribution < 1.29 is 4.79 Å². The Morgan fingerprint density at radius 2 is 1.79 bits per heavy atom. The molecule has 1 heterocycles. The van der Waals surface area contributed by atoms with Gasteiger partial charge >= 0.3 is 6.03 Å². The minimum atomic E-state index is -0.432. The average Bonchev–Trinajstić information content (AvgIpc) is 2.81. The van der Waals surface area contributed by atoms with Crippen molar-refractivity contribution in [3.05, 3.63) is 64.8 Å². The van der Waals surface area contributed by atoms with E-state index in [0.717, 1.165) is 11.3 Å². The van der Waals surface area contributed by atoms with E-state index in [9.17, 15) is 4.79 Å². The van der Waals surface area contributed by atoms with E-state index in [1.165, 1.54) is 0 Å². The van der Waals surface area contributed by atoms with Crippen LogP contribution in [0.4, 0.5) is 10.5 Å². The van der Waals surface area contributed by atoms with Gasteiger partial charge in [-0.15, -0.1) is 0 Å². The Kier molecular flexibility index (Phi) is 3.04. The molecule has 0 unspecified atom stereocenters. The number of urea groups is 1. The number of nitrogens with one attached hydrogen (secondary N) is 2. The number of fused-ring (bicyclic) bond motifs is 1. The van der Waals surface area contributed by atoms with Crippen LogP contribution >= 0.6 is 0 Å². The number of hydrazine groups is 1. The molecule has 0 saturated carbocycles. The molecule has 2 aromatic rings. The first-order chi connectivity index (χ1) is 9.33. The second-order valence-corrected chi connectivity index (χ2v) is 4.14. The molecule has 3 rings (SSSR count). The van der Waals surface area contributed by atoms with E-state index in [1.807, 2.05) is 42.5 Å². The molecule has 2 amide bonds. The van der Waals surface area contributed by atoms with Gasteiger partial charge in [-0.3, -0.25) is 0 Å². The molecule has 1 aliphatic heterocycles. The highest BCUT2D eigenvalue weighted by Crippen LogP contribution is 2.02. The lowest BCUT2D eigenvalue weighted by molar-refractivity contribution is 0.256. The largest absolute Gasteiger partial charge is 0.368 e. The summed E-state index contributed by atoms with van der Waals surface area (Å²) >= 11 is 0. The molecule has 5 heteroatoms. The quantitative estimate of drug-likeness (QED) is 0.803. The third-order valence-corrected chi connectivity index (χ3v) is 2.81. The van der Waals surface area contributed by atoms with E-state index in [0.29, 0.717) is 17.3 Å². The Hall–Kier alpha value is -2.53. The zero-order valence-electron chi connectivity index (χ0n) is 10.1. The highest BCUT2D eigenvalue weighted by atomic mass is 16.2. The third kappa shape index (κ3) is 2.51. The smallest absolute Gasteiger partial charge is 0.321 e. The van der Waals surface area contributed by atoms with Crippen molar-refractivity contribution in [2.45, 2.75) is 6.54 Å². The van der Waals surface area contributed by atoms with E-state index < -0.39 is 6.03 Å². The van der Waals surface area contributed by atoms with Crippen LogP contribution in [0.25, 0.3) is 0 Å². The van der Waals surface area contributed by atoms with Crippen LogP contribution in [0.15, 0.2) is 58.5 Å². The molecule has 0 saturated heterocycles. The fourth-order valence-electron chi connectivity index (χ4n) is 1.93. The summed E-state index contributed by atoms with van der Waals surface area (Å²) in [4.78, 5) is 18.9. The minimum Gasteiger partial charge on any atom is -0.321 e. The van der Waals surface area contributed by atoms with Crippen LogP contribution in [-0.4, -0.2) is 6.03 Å². The maximum Gasteiger partial charge on any atom is 0.368 e. The van der Waals surface area contributed by atoms with E-state index in [2.05, 4.69) is 20.8 Å². The summed E-state index contributed by atoms with van der Waals surface area (Å²) in [6.45, 7) is 0.560. The van der Waals surface area contributed by atoms with Gasteiger partial charge in [-0.2, -0.15) is 9.98 Å². The highest BCUT2D eigenvalue weighted by Gasteiger charge is 2.07. The maximum atomic E-state index is 11.2. The van der Waals surface area contributed by atoms with Gasteiger partial charge in [-0.05, 0) is 23.8 Å². The van der Waals surface area contributed by atoms with Crippen molar-refractivity contribution in [3.63, 3.8) is 0 Å². The molecule has 1 aliphatic rings. The molecule has 0 bridgehead atoms. The van der Waals surface area contributed by atoms with Crippen LogP contribution in [0.5, 0.6) is 0 Å². The van der Waals surface area contributed by atoms with Crippen molar-refractivity contribution in [3.8, 4) is 0 Å². The minimum absolute atomic E-state index is 0.432. The molecule has 0 radical (unpaired) electrons. The standard InChI is InChI=1S/C14H12N4O/c19-14-16-12-8-4-5-10(13(12)17-14)9-15-18-11-6-2-1-3-7-11/h1-8,15,18H,9H2. The van der Waals surface area contributed by atoms with E-state index in [-0.39, 0.29) is 0 Å². The van der Waals surface area contributed by atoms with Gasteiger partial charge in [0.25, 0.3) is 0 Å². The van der Waals surface area contributed by atoms with Gasteiger partial charge in [0.15, 0.2) is 0 Å². The van der Waals surface area contributed by atoms with Crippen molar-refractivity contribution >= 4 is 11.7 Å².